The summed E-state index contributed by atoms with van der Waals surface area (Å²) in [5.74, 6) is 1.55. The summed E-state index contributed by atoms with van der Waals surface area (Å²) in [4.78, 5) is 11.6. The number of benzene rings is 1. The summed E-state index contributed by atoms with van der Waals surface area (Å²) in [6, 6.07) is 5.67. The predicted molar refractivity (Wildman–Crippen MR) is 66.1 cm³/mol. The number of Topliss-reactive ketones (excluding diaryl/α,β-unsaturated/α-hetero) is 1. The summed E-state index contributed by atoms with van der Waals surface area (Å²) >= 11 is 0. The number of rotatable bonds is 5. The number of hydrogen-bond acceptors (Lipinski definition) is 2. The number of ether oxygens (including phenoxy) is 1. The number of hydrogen-bond donors (Lipinski definition) is 0. The normalized spacial score (nSPS) is 10.6. The Morgan fingerprint density at radius 1 is 1.38 bits per heavy atom. The van der Waals surface area contributed by atoms with Crippen LogP contribution in [0.5, 0.6) is 5.75 Å². The van der Waals surface area contributed by atoms with Gasteiger partial charge in [0.25, 0.3) is 0 Å². The molecule has 2 heteroatoms. The molecule has 0 aliphatic rings. The SMILES string of the molecule is CCC(=O)c1ccc(OCC(C)C)cc1C. The van der Waals surface area contributed by atoms with Crippen LogP contribution in [-0.2, 0) is 0 Å². The number of ketones is 1. The van der Waals surface area contributed by atoms with E-state index < -0.39 is 0 Å². The molecule has 0 unspecified atom stereocenters. The van der Waals surface area contributed by atoms with E-state index in [1.165, 1.54) is 0 Å². The second-order valence-corrected chi connectivity index (χ2v) is 4.46. The van der Waals surface area contributed by atoms with E-state index in [1.807, 2.05) is 32.0 Å². The van der Waals surface area contributed by atoms with E-state index >= 15 is 0 Å². The zero-order valence-electron chi connectivity index (χ0n) is 10.5. The van der Waals surface area contributed by atoms with Crippen molar-refractivity contribution in [2.45, 2.75) is 34.1 Å². The number of carbonyl (C=O) groups is 1. The molecule has 0 saturated heterocycles. The Balaban J connectivity index is 2.78. The molecule has 0 saturated carbocycles. The maximum Gasteiger partial charge on any atom is 0.162 e. The number of aryl methyl sites for hydroxylation is 1. The molecule has 1 aromatic rings. The van der Waals surface area contributed by atoms with E-state index in [-0.39, 0.29) is 5.78 Å². The minimum absolute atomic E-state index is 0.188. The third kappa shape index (κ3) is 3.37. The summed E-state index contributed by atoms with van der Waals surface area (Å²) in [6.45, 7) is 8.76. The molecular formula is C14H20O2. The van der Waals surface area contributed by atoms with E-state index in [2.05, 4.69) is 13.8 Å². The maximum atomic E-state index is 11.6. The molecule has 0 N–H and O–H groups in total. The van der Waals surface area contributed by atoms with Crippen LogP contribution in [0, 0.1) is 12.8 Å². The highest BCUT2D eigenvalue weighted by atomic mass is 16.5. The standard InChI is InChI=1S/C14H20O2/c1-5-14(15)13-7-6-12(8-11(13)4)16-9-10(2)3/h6-8,10H,5,9H2,1-4H3. The van der Waals surface area contributed by atoms with Crippen LogP contribution in [0.15, 0.2) is 18.2 Å². The van der Waals surface area contributed by atoms with Gasteiger partial charge in [-0.05, 0) is 36.6 Å². The molecule has 0 radical (unpaired) electrons. The van der Waals surface area contributed by atoms with Gasteiger partial charge in [0.1, 0.15) is 5.75 Å². The lowest BCUT2D eigenvalue weighted by atomic mass is 10.0. The second-order valence-electron chi connectivity index (χ2n) is 4.46. The van der Waals surface area contributed by atoms with Crippen molar-refractivity contribution < 1.29 is 9.53 Å². The molecule has 0 atom stereocenters. The van der Waals surface area contributed by atoms with E-state index in [0.29, 0.717) is 18.9 Å². The topological polar surface area (TPSA) is 26.3 Å². The summed E-state index contributed by atoms with van der Waals surface area (Å²) < 4.78 is 5.61. The minimum atomic E-state index is 0.188. The van der Waals surface area contributed by atoms with E-state index in [4.69, 9.17) is 4.74 Å². The first-order valence-corrected chi connectivity index (χ1v) is 5.81. The minimum Gasteiger partial charge on any atom is -0.493 e. The third-order valence-corrected chi connectivity index (χ3v) is 2.40. The van der Waals surface area contributed by atoms with Crippen molar-refractivity contribution in [3.8, 4) is 5.75 Å². The molecule has 0 spiro atoms. The molecule has 0 bridgehead atoms. The van der Waals surface area contributed by atoms with Crippen LogP contribution >= 0.6 is 0 Å². The molecule has 0 fully saturated rings. The van der Waals surface area contributed by atoms with Gasteiger partial charge in [0.2, 0.25) is 0 Å². The Kier molecular flexibility index (Phi) is 4.53. The lowest BCUT2D eigenvalue weighted by Gasteiger charge is -2.10. The first kappa shape index (κ1) is 12.8. The van der Waals surface area contributed by atoms with Crippen molar-refractivity contribution in [3.05, 3.63) is 29.3 Å². The van der Waals surface area contributed by atoms with Gasteiger partial charge in [-0.2, -0.15) is 0 Å². The Hall–Kier alpha value is -1.31. The summed E-state index contributed by atoms with van der Waals surface area (Å²) in [5, 5.41) is 0. The van der Waals surface area contributed by atoms with Gasteiger partial charge in [-0.15, -0.1) is 0 Å². The summed E-state index contributed by atoms with van der Waals surface area (Å²) in [5.41, 5.74) is 1.80. The lowest BCUT2D eigenvalue weighted by molar-refractivity contribution is 0.0987. The maximum absolute atomic E-state index is 11.6. The second kappa shape index (κ2) is 5.69. The molecule has 0 aliphatic heterocycles. The van der Waals surface area contributed by atoms with Crippen molar-refractivity contribution in [2.24, 2.45) is 5.92 Å². The largest absolute Gasteiger partial charge is 0.493 e. The quantitative estimate of drug-likeness (QED) is 0.708. The fraction of sp³-hybridized carbons (Fsp3) is 0.500. The summed E-state index contributed by atoms with van der Waals surface area (Å²) in [6.07, 6.45) is 0.549. The third-order valence-electron chi connectivity index (χ3n) is 2.40. The molecule has 0 heterocycles. The first-order valence-electron chi connectivity index (χ1n) is 5.81. The Morgan fingerprint density at radius 2 is 2.06 bits per heavy atom. The van der Waals surface area contributed by atoms with E-state index in [0.717, 1.165) is 16.9 Å². The fourth-order valence-corrected chi connectivity index (χ4v) is 1.49. The van der Waals surface area contributed by atoms with Gasteiger partial charge < -0.3 is 4.74 Å². The van der Waals surface area contributed by atoms with Crippen molar-refractivity contribution in [2.75, 3.05) is 6.61 Å². The van der Waals surface area contributed by atoms with Crippen LogP contribution in [0.4, 0.5) is 0 Å². The van der Waals surface area contributed by atoms with Crippen molar-refractivity contribution in [1.29, 1.82) is 0 Å². The molecule has 16 heavy (non-hydrogen) atoms. The van der Waals surface area contributed by atoms with Gasteiger partial charge in [0, 0.05) is 12.0 Å². The molecular weight excluding hydrogens is 200 g/mol. The van der Waals surface area contributed by atoms with Crippen LogP contribution in [0.2, 0.25) is 0 Å². The van der Waals surface area contributed by atoms with Crippen LogP contribution in [-0.4, -0.2) is 12.4 Å². The van der Waals surface area contributed by atoms with Gasteiger partial charge >= 0.3 is 0 Å². The molecule has 88 valence electrons. The van der Waals surface area contributed by atoms with Crippen LogP contribution in [0.1, 0.15) is 43.1 Å². The lowest BCUT2D eigenvalue weighted by Crippen LogP contribution is -2.05. The average molecular weight is 220 g/mol. The highest BCUT2D eigenvalue weighted by Gasteiger charge is 2.07. The molecule has 2 nitrogen and oxygen atoms in total. The van der Waals surface area contributed by atoms with Crippen LogP contribution in [0.3, 0.4) is 0 Å². The zero-order valence-corrected chi connectivity index (χ0v) is 10.5. The van der Waals surface area contributed by atoms with E-state index in [1.54, 1.807) is 0 Å². The van der Waals surface area contributed by atoms with Crippen molar-refractivity contribution in [3.63, 3.8) is 0 Å². The monoisotopic (exact) mass is 220 g/mol. The molecule has 1 rings (SSSR count). The van der Waals surface area contributed by atoms with E-state index in [9.17, 15) is 4.79 Å². The van der Waals surface area contributed by atoms with Crippen LogP contribution < -0.4 is 4.74 Å². The van der Waals surface area contributed by atoms with Crippen LogP contribution in [0.25, 0.3) is 0 Å². The highest BCUT2D eigenvalue weighted by molar-refractivity contribution is 5.97. The number of carbonyl (C=O) groups excluding carboxylic acids is 1. The van der Waals surface area contributed by atoms with Gasteiger partial charge in [-0.25, -0.2) is 0 Å². The van der Waals surface area contributed by atoms with Gasteiger partial charge in [0.05, 0.1) is 6.61 Å². The van der Waals surface area contributed by atoms with Crippen molar-refractivity contribution >= 4 is 5.78 Å². The molecule has 0 aromatic heterocycles. The van der Waals surface area contributed by atoms with Crippen molar-refractivity contribution in [1.82, 2.24) is 0 Å². The van der Waals surface area contributed by atoms with Gasteiger partial charge in [0.15, 0.2) is 5.78 Å². The predicted octanol–water partition coefficient (Wildman–Crippen LogP) is 3.62. The molecule has 1 aromatic carbocycles. The smallest absolute Gasteiger partial charge is 0.162 e. The average Bonchev–Trinajstić information content (AvgIpc) is 2.25. The Bertz CT molecular complexity index is 367. The van der Waals surface area contributed by atoms with Gasteiger partial charge in [-0.1, -0.05) is 20.8 Å². The van der Waals surface area contributed by atoms with Gasteiger partial charge in [-0.3, -0.25) is 4.79 Å². The first-order chi connectivity index (χ1) is 7.54. The summed E-state index contributed by atoms with van der Waals surface area (Å²) in [7, 11) is 0. The highest BCUT2D eigenvalue weighted by Crippen LogP contribution is 2.19. The molecule has 0 aliphatic carbocycles. The zero-order chi connectivity index (χ0) is 12.1. The Labute approximate surface area is 97.6 Å². The molecule has 0 amide bonds. The fourth-order valence-electron chi connectivity index (χ4n) is 1.49. The Morgan fingerprint density at radius 3 is 2.56 bits per heavy atom.